The Labute approximate surface area is 144 Å². The van der Waals surface area contributed by atoms with E-state index in [1.54, 1.807) is 12.4 Å². The molecule has 0 fully saturated rings. The zero-order valence-electron chi connectivity index (χ0n) is 12.9. The summed E-state index contributed by atoms with van der Waals surface area (Å²) in [5.74, 6) is 0.455. The second kappa shape index (κ2) is 7.70. The van der Waals surface area contributed by atoms with Crippen LogP contribution in [0.25, 0.3) is 0 Å². The van der Waals surface area contributed by atoms with E-state index in [9.17, 15) is 4.79 Å². The van der Waals surface area contributed by atoms with E-state index in [0.29, 0.717) is 23.0 Å². The van der Waals surface area contributed by atoms with Gasteiger partial charge in [-0.1, -0.05) is 41.9 Å². The van der Waals surface area contributed by atoms with Gasteiger partial charge in [-0.15, -0.1) is 10.2 Å². The number of aromatic nitrogens is 4. The minimum absolute atomic E-state index is 0.248. The number of hydrogen-bond donors (Lipinski definition) is 1. The molecule has 7 heteroatoms. The molecule has 3 aromatic rings. The van der Waals surface area contributed by atoms with Gasteiger partial charge in [-0.05, 0) is 18.1 Å². The van der Waals surface area contributed by atoms with Crippen LogP contribution >= 0.6 is 11.6 Å². The van der Waals surface area contributed by atoms with Gasteiger partial charge in [0.05, 0.1) is 17.1 Å². The normalized spacial score (nSPS) is 10.5. The molecule has 122 valence electrons. The molecule has 0 spiro atoms. The van der Waals surface area contributed by atoms with Crippen LogP contribution in [0.4, 0.5) is 0 Å². The van der Waals surface area contributed by atoms with E-state index in [2.05, 4.69) is 32.6 Å². The Kier molecular flexibility index (Phi) is 5.18. The van der Waals surface area contributed by atoms with Crippen molar-refractivity contribution < 1.29 is 4.79 Å². The molecule has 0 aliphatic heterocycles. The first kappa shape index (κ1) is 16.1. The first-order valence-electron chi connectivity index (χ1n) is 7.52. The maximum Gasteiger partial charge on any atom is 0.253 e. The van der Waals surface area contributed by atoms with Gasteiger partial charge in [0.1, 0.15) is 6.33 Å². The molecule has 6 nitrogen and oxygen atoms in total. The fourth-order valence-corrected chi connectivity index (χ4v) is 2.47. The molecule has 0 saturated carbocycles. The summed E-state index contributed by atoms with van der Waals surface area (Å²) in [7, 11) is 0. The second-order valence-electron chi connectivity index (χ2n) is 5.25. The number of nitrogens with one attached hydrogen (secondary N) is 1. The highest BCUT2D eigenvalue weighted by molar-refractivity contribution is 6.30. The Bertz CT molecular complexity index is 819. The van der Waals surface area contributed by atoms with Crippen LogP contribution in [0.1, 0.15) is 21.7 Å². The van der Waals surface area contributed by atoms with E-state index in [0.717, 1.165) is 13.0 Å². The minimum atomic E-state index is -0.248. The van der Waals surface area contributed by atoms with Crippen LogP contribution in [0.2, 0.25) is 5.02 Å². The lowest BCUT2D eigenvalue weighted by Gasteiger charge is -2.08. The van der Waals surface area contributed by atoms with Crippen molar-refractivity contribution in [1.82, 2.24) is 25.1 Å². The summed E-state index contributed by atoms with van der Waals surface area (Å²) in [6.45, 7) is 1.04. The zero-order valence-corrected chi connectivity index (χ0v) is 13.6. The number of nitrogens with zero attached hydrogens (tertiary/aromatic N) is 4. The standard InChI is InChI=1S/C17H16ClN5O/c18-15-8-14(9-19-10-15)17(24)20-11-16-22-21-12-23(16)7-6-13-4-2-1-3-5-13/h1-5,8-10,12H,6-7,11H2,(H,20,24). The van der Waals surface area contributed by atoms with Crippen molar-refractivity contribution in [3.8, 4) is 0 Å². The SMILES string of the molecule is O=C(NCc1nncn1CCc1ccccc1)c1cncc(Cl)c1. The summed E-state index contributed by atoms with van der Waals surface area (Å²) >= 11 is 5.84. The third-order valence-corrected chi connectivity index (χ3v) is 3.76. The Morgan fingerprint density at radius 2 is 2.04 bits per heavy atom. The summed E-state index contributed by atoms with van der Waals surface area (Å²) < 4.78 is 1.93. The van der Waals surface area contributed by atoms with Crippen molar-refractivity contribution >= 4 is 17.5 Å². The summed E-state index contributed by atoms with van der Waals surface area (Å²) in [6, 6.07) is 11.8. The molecule has 0 radical (unpaired) electrons. The van der Waals surface area contributed by atoms with E-state index in [1.165, 1.54) is 18.0 Å². The van der Waals surface area contributed by atoms with E-state index < -0.39 is 0 Å². The minimum Gasteiger partial charge on any atom is -0.345 e. The number of pyridine rings is 1. The van der Waals surface area contributed by atoms with Crippen LogP contribution in [0.15, 0.2) is 55.1 Å². The molecule has 0 atom stereocenters. The molecular formula is C17H16ClN5O. The Hall–Kier alpha value is -2.73. The predicted molar refractivity (Wildman–Crippen MR) is 90.6 cm³/mol. The Morgan fingerprint density at radius 3 is 2.83 bits per heavy atom. The lowest BCUT2D eigenvalue weighted by molar-refractivity contribution is 0.0949. The van der Waals surface area contributed by atoms with E-state index in [1.807, 2.05) is 22.8 Å². The van der Waals surface area contributed by atoms with E-state index in [4.69, 9.17) is 11.6 Å². The maximum absolute atomic E-state index is 12.1. The van der Waals surface area contributed by atoms with Crippen LogP contribution in [0.3, 0.4) is 0 Å². The number of amides is 1. The highest BCUT2D eigenvalue weighted by Gasteiger charge is 2.09. The van der Waals surface area contributed by atoms with Gasteiger partial charge in [0.2, 0.25) is 0 Å². The molecule has 1 amide bonds. The summed E-state index contributed by atoms with van der Waals surface area (Å²) in [5.41, 5.74) is 1.66. The van der Waals surface area contributed by atoms with Crippen LogP contribution in [-0.2, 0) is 19.5 Å². The number of rotatable bonds is 6. The fourth-order valence-electron chi connectivity index (χ4n) is 2.29. The van der Waals surface area contributed by atoms with Crippen molar-refractivity contribution in [1.29, 1.82) is 0 Å². The monoisotopic (exact) mass is 341 g/mol. The lowest BCUT2D eigenvalue weighted by atomic mass is 10.1. The number of benzene rings is 1. The average molecular weight is 342 g/mol. The third-order valence-electron chi connectivity index (χ3n) is 3.55. The molecule has 0 unspecified atom stereocenters. The quantitative estimate of drug-likeness (QED) is 0.747. The topological polar surface area (TPSA) is 72.7 Å². The van der Waals surface area contributed by atoms with E-state index >= 15 is 0 Å². The van der Waals surface area contributed by atoms with Gasteiger partial charge < -0.3 is 9.88 Å². The maximum atomic E-state index is 12.1. The Morgan fingerprint density at radius 1 is 1.21 bits per heavy atom. The van der Waals surface area contributed by atoms with Gasteiger partial charge in [0, 0.05) is 18.9 Å². The highest BCUT2D eigenvalue weighted by Crippen LogP contribution is 2.08. The highest BCUT2D eigenvalue weighted by atomic mass is 35.5. The molecule has 1 N–H and O–H groups in total. The van der Waals surface area contributed by atoms with Gasteiger partial charge in [-0.2, -0.15) is 0 Å². The molecule has 2 aromatic heterocycles. The van der Waals surface area contributed by atoms with Crippen molar-refractivity contribution in [3.05, 3.63) is 77.1 Å². The van der Waals surface area contributed by atoms with Crippen LogP contribution in [0.5, 0.6) is 0 Å². The largest absolute Gasteiger partial charge is 0.345 e. The summed E-state index contributed by atoms with van der Waals surface area (Å²) in [6.07, 6.45) is 5.50. The molecular weight excluding hydrogens is 326 g/mol. The van der Waals surface area contributed by atoms with Crippen molar-refractivity contribution in [3.63, 3.8) is 0 Å². The van der Waals surface area contributed by atoms with Crippen molar-refractivity contribution in [2.24, 2.45) is 0 Å². The van der Waals surface area contributed by atoms with Crippen LogP contribution in [-0.4, -0.2) is 25.7 Å². The smallest absolute Gasteiger partial charge is 0.253 e. The Balaban J connectivity index is 1.58. The first-order valence-corrected chi connectivity index (χ1v) is 7.89. The van der Waals surface area contributed by atoms with Gasteiger partial charge >= 0.3 is 0 Å². The van der Waals surface area contributed by atoms with Gasteiger partial charge in [-0.25, -0.2) is 0 Å². The van der Waals surface area contributed by atoms with Crippen molar-refractivity contribution in [2.45, 2.75) is 19.5 Å². The lowest BCUT2D eigenvalue weighted by Crippen LogP contribution is -2.25. The molecule has 0 aliphatic rings. The fraction of sp³-hybridized carbons (Fsp3) is 0.176. The average Bonchev–Trinajstić information content (AvgIpc) is 3.06. The number of carbonyl (C=O) groups is 1. The zero-order chi connectivity index (χ0) is 16.8. The molecule has 0 saturated heterocycles. The number of aryl methyl sites for hydroxylation is 2. The second-order valence-corrected chi connectivity index (χ2v) is 5.69. The molecule has 3 rings (SSSR count). The molecule has 1 aromatic carbocycles. The van der Waals surface area contributed by atoms with Gasteiger partial charge in [0.15, 0.2) is 5.82 Å². The van der Waals surface area contributed by atoms with Gasteiger partial charge in [0.25, 0.3) is 5.91 Å². The van der Waals surface area contributed by atoms with Crippen molar-refractivity contribution in [2.75, 3.05) is 0 Å². The molecule has 0 bridgehead atoms. The van der Waals surface area contributed by atoms with Crippen LogP contribution < -0.4 is 5.32 Å². The summed E-state index contributed by atoms with van der Waals surface area (Å²) in [4.78, 5) is 16.0. The molecule has 24 heavy (non-hydrogen) atoms. The van der Waals surface area contributed by atoms with Gasteiger partial charge in [-0.3, -0.25) is 9.78 Å². The number of carbonyl (C=O) groups excluding carboxylic acids is 1. The summed E-state index contributed by atoms with van der Waals surface area (Å²) in [5, 5.41) is 11.2. The molecule has 0 aliphatic carbocycles. The van der Waals surface area contributed by atoms with Crippen LogP contribution in [0, 0.1) is 0 Å². The third kappa shape index (κ3) is 4.17. The molecule has 2 heterocycles. The number of halogens is 1. The first-order chi connectivity index (χ1) is 11.7. The predicted octanol–water partition coefficient (Wildman–Crippen LogP) is 2.50. The van der Waals surface area contributed by atoms with E-state index in [-0.39, 0.29) is 5.91 Å². The number of hydrogen-bond acceptors (Lipinski definition) is 4.